The number of carboxylic acid groups (broad SMARTS) is 1. The third-order valence-corrected chi connectivity index (χ3v) is 6.30. The van der Waals surface area contributed by atoms with Crippen molar-refractivity contribution in [2.24, 2.45) is 11.8 Å². The van der Waals surface area contributed by atoms with Gasteiger partial charge in [-0.25, -0.2) is 0 Å². The van der Waals surface area contributed by atoms with E-state index in [1.54, 1.807) is 0 Å². The van der Waals surface area contributed by atoms with Crippen molar-refractivity contribution in [1.29, 1.82) is 0 Å². The fourth-order valence-electron chi connectivity index (χ4n) is 4.39. The van der Waals surface area contributed by atoms with Crippen LogP contribution in [0.15, 0.2) is 12.2 Å². The van der Waals surface area contributed by atoms with E-state index < -0.39 is 11.6 Å². The Morgan fingerprint density at radius 1 is 1.03 bits per heavy atom. The van der Waals surface area contributed by atoms with Crippen molar-refractivity contribution in [3.05, 3.63) is 12.2 Å². The zero-order chi connectivity index (χ0) is 21.5. The number of ketones is 1. The van der Waals surface area contributed by atoms with Gasteiger partial charge < -0.3 is 10.2 Å². The van der Waals surface area contributed by atoms with Gasteiger partial charge >= 0.3 is 5.97 Å². The summed E-state index contributed by atoms with van der Waals surface area (Å²) >= 11 is 0. The molecule has 0 aliphatic heterocycles. The van der Waals surface area contributed by atoms with Crippen LogP contribution in [0, 0.1) is 11.8 Å². The van der Waals surface area contributed by atoms with Gasteiger partial charge in [0.05, 0.1) is 5.60 Å². The predicted molar refractivity (Wildman–Crippen MR) is 119 cm³/mol. The highest BCUT2D eigenvalue weighted by Gasteiger charge is 2.32. The Hall–Kier alpha value is -1.16. The summed E-state index contributed by atoms with van der Waals surface area (Å²) in [5.74, 6) is 0.159. The van der Waals surface area contributed by atoms with Crippen molar-refractivity contribution in [2.45, 2.75) is 122 Å². The molecule has 1 aliphatic rings. The first-order valence-electron chi connectivity index (χ1n) is 12.0. The lowest BCUT2D eigenvalue weighted by Gasteiger charge is -2.21. The number of rotatable bonds is 17. The zero-order valence-electron chi connectivity index (χ0n) is 18.8. The maximum Gasteiger partial charge on any atom is 0.303 e. The van der Waals surface area contributed by atoms with Crippen LogP contribution in [0.1, 0.15) is 117 Å². The van der Waals surface area contributed by atoms with E-state index in [4.69, 9.17) is 5.11 Å². The molecular formula is C25H44O4. The second-order valence-electron chi connectivity index (χ2n) is 9.21. The molecule has 2 N–H and O–H groups in total. The molecule has 0 aromatic carbocycles. The molecular weight excluding hydrogens is 364 g/mol. The van der Waals surface area contributed by atoms with Gasteiger partial charge in [-0.1, -0.05) is 83.3 Å². The average Bonchev–Trinajstić information content (AvgIpc) is 3.01. The van der Waals surface area contributed by atoms with Crippen molar-refractivity contribution in [3.63, 3.8) is 0 Å². The van der Waals surface area contributed by atoms with Crippen LogP contribution >= 0.6 is 0 Å². The quantitative estimate of drug-likeness (QED) is 0.214. The van der Waals surface area contributed by atoms with E-state index in [0.717, 1.165) is 64.2 Å². The molecule has 3 unspecified atom stereocenters. The minimum atomic E-state index is -0.754. The molecule has 0 spiro atoms. The molecule has 4 heteroatoms. The summed E-state index contributed by atoms with van der Waals surface area (Å²) in [6.45, 7) is 4.05. The van der Waals surface area contributed by atoms with E-state index in [1.165, 1.54) is 25.7 Å². The van der Waals surface area contributed by atoms with Crippen molar-refractivity contribution in [1.82, 2.24) is 0 Å². The van der Waals surface area contributed by atoms with Crippen molar-refractivity contribution in [2.75, 3.05) is 0 Å². The zero-order valence-corrected chi connectivity index (χ0v) is 18.8. The number of carbonyl (C=O) groups is 2. The molecule has 29 heavy (non-hydrogen) atoms. The van der Waals surface area contributed by atoms with Crippen molar-refractivity contribution >= 4 is 11.8 Å². The van der Waals surface area contributed by atoms with E-state index in [-0.39, 0.29) is 5.92 Å². The summed E-state index contributed by atoms with van der Waals surface area (Å²) in [7, 11) is 0. The maximum atomic E-state index is 12.3. The lowest BCUT2D eigenvalue weighted by atomic mass is 9.87. The molecule has 0 saturated heterocycles. The van der Waals surface area contributed by atoms with Crippen LogP contribution in [0.25, 0.3) is 0 Å². The smallest absolute Gasteiger partial charge is 0.303 e. The Balaban J connectivity index is 2.20. The highest BCUT2D eigenvalue weighted by Crippen LogP contribution is 2.34. The first-order valence-corrected chi connectivity index (χ1v) is 12.0. The Bertz CT molecular complexity index is 495. The predicted octanol–water partition coefficient (Wildman–Crippen LogP) is 6.45. The van der Waals surface area contributed by atoms with E-state index in [0.29, 0.717) is 24.5 Å². The maximum absolute atomic E-state index is 12.3. The Morgan fingerprint density at radius 2 is 1.66 bits per heavy atom. The molecule has 1 saturated carbocycles. The third kappa shape index (κ3) is 12.2. The van der Waals surface area contributed by atoms with E-state index in [1.807, 2.05) is 13.0 Å². The molecule has 0 aromatic rings. The fourth-order valence-corrected chi connectivity index (χ4v) is 4.39. The fraction of sp³-hybridized carbons (Fsp3) is 0.840. The van der Waals surface area contributed by atoms with Crippen LogP contribution in [-0.4, -0.2) is 27.6 Å². The van der Waals surface area contributed by atoms with Crippen LogP contribution in [-0.2, 0) is 9.59 Å². The number of carboxylic acids is 1. The number of Topliss-reactive ketones (excluding diaryl/α,β-unsaturated/α-hetero) is 1. The van der Waals surface area contributed by atoms with E-state index in [2.05, 4.69) is 13.0 Å². The lowest BCUT2D eigenvalue weighted by Crippen LogP contribution is -2.21. The third-order valence-electron chi connectivity index (χ3n) is 6.30. The molecule has 4 nitrogen and oxygen atoms in total. The summed E-state index contributed by atoms with van der Waals surface area (Å²) in [6, 6.07) is 0. The number of aliphatic hydroxyl groups is 1. The van der Waals surface area contributed by atoms with Crippen LogP contribution in [0.5, 0.6) is 0 Å². The minimum absolute atomic E-state index is 0.147. The largest absolute Gasteiger partial charge is 0.481 e. The topological polar surface area (TPSA) is 74.6 Å². The number of hydrogen-bond acceptors (Lipinski definition) is 3. The molecule has 1 rings (SSSR count). The number of carbonyl (C=O) groups excluding carboxylic acids is 1. The van der Waals surface area contributed by atoms with Crippen LogP contribution in [0.3, 0.4) is 0 Å². The first-order chi connectivity index (χ1) is 13.9. The van der Waals surface area contributed by atoms with Gasteiger partial charge in [-0.2, -0.15) is 0 Å². The molecule has 1 fully saturated rings. The average molecular weight is 409 g/mol. The van der Waals surface area contributed by atoms with E-state index in [9.17, 15) is 14.7 Å². The van der Waals surface area contributed by atoms with Gasteiger partial charge in [0, 0.05) is 18.8 Å². The summed E-state index contributed by atoms with van der Waals surface area (Å²) in [4.78, 5) is 22.8. The summed E-state index contributed by atoms with van der Waals surface area (Å²) < 4.78 is 0. The normalized spacial score (nSPS) is 21.7. The van der Waals surface area contributed by atoms with Crippen LogP contribution < -0.4 is 0 Å². The van der Waals surface area contributed by atoms with Gasteiger partial charge in [-0.15, -0.1) is 0 Å². The molecule has 168 valence electrons. The Morgan fingerprint density at radius 3 is 2.28 bits per heavy atom. The lowest BCUT2D eigenvalue weighted by molar-refractivity contribution is -0.137. The van der Waals surface area contributed by atoms with Gasteiger partial charge in [0.1, 0.15) is 5.78 Å². The standard InChI is InChI=1S/C25H44O4/c1-3-4-13-19-25(2,29)20-18-21-16-17-23(26)22(21)14-11-9-7-5-6-8-10-12-15-24(27)28/h18,20-22,29H,3-17,19H2,1-2H3,(H,27,28). The Labute approximate surface area is 178 Å². The van der Waals surface area contributed by atoms with Gasteiger partial charge in [-0.05, 0) is 38.5 Å². The second kappa shape index (κ2) is 14.8. The number of allylic oxidation sites excluding steroid dienone is 1. The molecule has 0 radical (unpaired) electrons. The molecule has 0 aromatic heterocycles. The van der Waals surface area contributed by atoms with Crippen molar-refractivity contribution < 1.29 is 19.8 Å². The Kier molecular flexibility index (Phi) is 13.2. The van der Waals surface area contributed by atoms with Gasteiger partial charge in [0.2, 0.25) is 0 Å². The van der Waals surface area contributed by atoms with Crippen LogP contribution in [0.2, 0.25) is 0 Å². The molecule has 0 amide bonds. The van der Waals surface area contributed by atoms with Gasteiger partial charge in [-0.3, -0.25) is 9.59 Å². The van der Waals surface area contributed by atoms with Gasteiger partial charge in [0.15, 0.2) is 0 Å². The van der Waals surface area contributed by atoms with Crippen molar-refractivity contribution in [3.8, 4) is 0 Å². The molecule has 0 heterocycles. The SMILES string of the molecule is CCCCCC(C)(O)C=CC1CCC(=O)C1CCCCCCCCCCC(=O)O. The molecule has 0 bridgehead atoms. The van der Waals surface area contributed by atoms with E-state index >= 15 is 0 Å². The summed E-state index contributed by atoms with van der Waals surface area (Å²) in [6.07, 6.45) is 19.9. The summed E-state index contributed by atoms with van der Waals surface area (Å²) in [5.41, 5.74) is -0.754. The molecule has 3 atom stereocenters. The van der Waals surface area contributed by atoms with Gasteiger partial charge in [0.25, 0.3) is 0 Å². The van der Waals surface area contributed by atoms with Crippen LogP contribution in [0.4, 0.5) is 0 Å². The second-order valence-corrected chi connectivity index (χ2v) is 9.21. The molecule has 1 aliphatic carbocycles. The first kappa shape index (κ1) is 25.9. The number of aliphatic carboxylic acids is 1. The minimum Gasteiger partial charge on any atom is -0.481 e. The highest BCUT2D eigenvalue weighted by molar-refractivity contribution is 5.83. The number of hydrogen-bond donors (Lipinski definition) is 2. The highest BCUT2D eigenvalue weighted by atomic mass is 16.4. The summed E-state index contributed by atoms with van der Waals surface area (Å²) in [5, 5.41) is 19.1. The number of unbranched alkanes of at least 4 members (excludes halogenated alkanes) is 9. The monoisotopic (exact) mass is 408 g/mol.